The summed E-state index contributed by atoms with van der Waals surface area (Å²) in [5, 5.41) is 7.24. The molecule has 1 saturated heterocycles. The second kappa shape index (κ2) is 5.66. The summed E-state index contributed by atoms with van der Waals surface area (Å²) in [6.07, 6.45) is 1.83. The molecule has 0 saturated carbocycles. The Morgan fingerprint density at radius 3 is 2.91 bits per heavy atom. The van der Waals surface area contributed by atoms with Crippen molar-refractivity contribution < 1.29 is 18.1 Å². The standard InChI is InChI=1S/C14H18N4O4S/c1-8-6-10(13(19)15-2)11-12(17-22-14(11)16-8)9-4-5-18(7-9)23(3,20)21/h6,9H,4-5,7H2,1-3H3,(H-,15,19,20,21). The van der Waals surface area contributed by atoms with Crippen LogP contribution >= 0.6 is 0 Å². The molecule has 1 aliphatic rings. The average Bonchev–Trinajstić information content (AvgIpc) is 3.10. The SMILES string of the molecule is CNC(=O)c1cc(C)nc2onc(C3CCN([S+](C)(=O)[O-])C3)c12. The van der Waals surface area contributed by atoms with E-state index in [1.165, 1.54) is 10.6 Å². The lowest BCUT2D eigenvalue weighted by molar-refractivity contribution is 0.0964. The van der Waals surface area contributed by atoms with Crippen molar-refractivity contribution in [2.75, 3.05) is 26.4 Å². The molecule has 1 aliphatic heterocycles. The topological polar surface area (TPSA) is 111 Å². The molecule has 2 aromatic heterocycles. The van der Waals surface area contributed by atoms with Crippen LogP contribution in [0.4, 0.5) is 0 Å². The maximum Gasteiger partial charge on any atom is 0.259 e. The van der Waals surface area contributed by atoms with Gasteiger partial charge in [0.2, 0.25) is 0 Å². The van der Waals surface area contributed by atoms with Gasteiger partial charge in [0.15, 0.2) is 0 Å². The lowest BCUT2D eigenvalue weighted by Crippen LogP contribution is -2.32. The van der Waals surface area contributed by atoms with Crippen LogP contribution in [0.5, 0.6) is 0 Å². The average molecular weight is 338 g/mol. The second-order valence-electron chi connectivity index (χ2n) is 5.74. The van der Waals surface area contributed by atoms with Gasteiger partial charge in [-0.15, -0.1) is 4.31 Å². The first-order valence-electron chi connectivity index (χ1n) is 7.25. The Balaban J connectivity index is 2.06. The maximum absolute atomic E-state index is 12.2. The van der Waals surface area contributed by atoms with Gasteiger partial charge in [0.25, 0.3) is 11.6 Å². The van der Waals surface area contributed by atoms with Crippen LogP contribution < -0.4 is 5.32 Å². The fourth-order valence-electron chi connectivity index (χ4n) is 2.94. The van der Waals surface area contributed by atoms with E-state index in [4.69, 9.17) is 4.52 Å². The highest BCUT2D eigenvalue weighted by atomic mass is 32.3. The highest BCUT2D eigenvalue weighted by Gasteiger charge is 2.36. The summed E-state index contributed by atoms with van der Waals surface area (Å²) in [6.45, 7) is 2.54. The van der Waals surface area contributed by atoms with Crippen molar-refractivity contribution in [3.63, 3.8) is 0 Å². The Hall–Kier alpha value is -1.84. The molecule has 2 unspecified atom stereocenters. The van der Waals surface area contributed by atoms with Crippen LogP contribution in [-0.2, 0) is 14.6 Å². The Labute approximate surface area is 134 Å². The van der Waals surface area contributed by atoms with Crippen molar-refractivity contribution in [3.8, 4) is 0 Å². The van der Waals surface area contributed by atoms with Gasteiger partial charge < -0.3 is 14.4 Å². The number of fused-ring (bicyclic) bond motifs is 1. The van der Waals surface area contributed by atoms with Crippen LogP contribution in [0.1, 0.15) is 34.1 Å². The number of nitrogens with one attached hydrogen (secondary N) is 1. The van der Waals surface area contributed by atoms with E-state index in [-0.39, 0.29) is 11.8 Å². The second-order valence-corrected chi connectivity index (χ2v) is 7.73. The number of amides is 1. The van der Waals surface area contributed by atoms with Gasteiger partial charge in [-0.3, -0.25) is 4.79 Å². The number of pyridine rings is 1. The minimum absolute atomic E-state index is 0.112. The Bertz CT molecular complexity index is 812. The summed E-state index contributed by atoms with van der Waals surface area (Å²) >= 11 is 0. The Morgan fingerprint density at radius 1 is 1.57 bits per heavy atom. The third-order valence-electron chi connectivity index (χ3n) is 4.08. The molecule has 1 fully saturated rings. The van der Waals surface area contributed by atoms with Crippen molar-refractivity contribution in [1.82, 2.24) is 19.8 Å². The molecule has 2 aromatic rings. The first kappa shape index (κ1) is 16.0. The molecular weight excluding hydrogens is 320 g/mol. The van der Waals surface area contributed by atoms with Crippen LogP contribution in [0.15, 0.2) is 10.6 Å². The summed E-state index contributed by atoms with van der Waals surface area (Å²) in [7, 11) is -1.68. The normalized spacial score (nSPS) is 21.5. The zero-order chi connectivity index (χ0) is 16.8. The number of carbonyl (C=O) groups excluding carboxylic acids is 1. The largest absolute Gasteiger partial charge is 0.598 e. The number of aryl methyl sites for hydroxylation is 1. The number of sulfonamides is 1. The van der Waals surface area contributed by atoms with Gasteiger partial charge in [0, 0.05) is 25.2 Å². The minimum atomic E-state index is -3.24. The van der Waals surface area contributed by atoms with Crippen molar-refractivity contribution in [2.24, 2.45) is 0 Å². The van der Waals surface area contributed by atoms with E-state index in [1.54, 1.807) is 20.0 Å². The van der Waals surface area contributed by atoms with Gasteiger partial charge in [0.1, 0.15) is 16.7 Å². The van der Waals surface area contributed by atoms with Crippen LogP contribution in [0, 0.1) is 6.92 Å². The van der Waals surface area contributed by atoms with Gasteiger partial charge in [-0.05, 0) is 19.4 Å². The zero-order valence-corrected chi connectivity index (χ0v) is 14.0. The number of hydrogen-bond acceptors (Lipinski definition) is 6. The van der Waals surface area contributed by atoms with E-state index in [2.05, 4.69) is 15.5 Å². The van der Waals surface area contributed by atoms with Crippen LogP contribution in [0.2, 0.25) is 0 Å². The van der Waals surface area contributed by atoms with Crippen molar-refractivity contribution in [1.29, 1.82) is 0 Å². The highest BCUT2D eigenvalue weighted by molar-refractivity contribution is 7.94. The fraction of sp³-hybridized carbons (Fsp3) is 0.500. The van der Waals surface area contributed by atoms with Crippen molar-refractivity contribution in [3.05, 3.63) is 23.0 Å². The fourth-order valence-corrected chi connectivity index (χ4v) is 3.83. The van der Waals surface area contributed by atoms with Gasteiger partial charge >= 0.3 is 0 Å². The van der Waals surface area contributed by atoms with Gasteiger partial charge in [-0.25, -0.2) is 4.98 Å². The van der Waals surface area contributed by atoms with Crippen molar-refractivity contribution in [2.45, 2.75) is 19.3 Å². The Morgan fingerprint density at radius 2 is 2.30 bits per heavy atom. The molecule has 0 aliphatic carbocycles. The third kappa shape index (κ3) is 2.87. The molecule has 1 N–H and O–H groups in total. The number of nitrogens with zero attached hydrogens (tertiary/aromatic N) is 3. The lowest BCUT2D eigenvalue weighted by Gasteiger charge is -2.19. The van der Waals surface area contributed by atoms with E-state index in [0.717, 1.165) is 0 Å². The van der Waals surface area contributed by atoms with E-state index >= 15 is 0 Å². The monoisotopic (exact) mass is 338 g/mol. The number of hydrogen-bond donors (Lipinski definition) is 1. The molecule has 1 amide bonds. The molecule has 2 atom stereocenters. The number of aromatic nitrogens is 2. The van der Waals surface area contributed by atoms with Gasteiger partial charge in [-0.1, -0.05) is 9.37 Å². The van der Waals surface area contributed by atoms with Gasteiger partial charge in [-0.2, -0.15) is 0 Å². The molecule has 9 heteroatoms. The summed E-state index contributed by atoms with van der Waals surface area (Å²) in [5.41, 5.74) is 2.00. The van der Waals surface area contributed by atoms with E-state index in [0.29, 0.717) is 47.6 Å². The van der Waals surface area contributed by atoms with Crippen molar-refractivity contribution >= 4 is 27.4 Å². The summed E-state index contributed by atoms with van der Waals surface area (Å²) in [6, 6.07) is 1.69. The molecule has 0 aromatic carbocycles. The predicted molar refractivity (Wildman–Crippen MR) is 83.6 cm³/mol. The molecule has 3 rings (SSSR count). The maximum atomic E-state index is 12.2. The third-order valence-corrected chi connectivity index (χ3v) is 5.35. The first-order valence-corrected chi connectivity index (χ1v) is 9.10. The van der Waals surface area contributed by atoms with E-state index in [9.17, 15) is 13.6 Å². The molecule has 23 heavy (non-hydrogen) atoms. The van der Waals surface area contributed by atoms with E-state index in [1.807, 2.05) is 0 Å². The highest BCUT2D eigenvalue weighted by Crippen LogP contribution is 2.34. The molecular formula is C14H18N4O4S. The van der Waals surface area contributed by atoms with Crippen LogP contribution in [0.3, 0.4) is 0 Å². The Kier molecular flexibility index (Phi) is 3.95. The summed E-state index contributed by atoms with van der Waals surface area (Å²) < 4.78 is 30.1. The van der Waals surface area contributed by atoms with Crippen LogP contribution in [-0.4, -0.2) is 51.3 Å². The molecule has 3 heterocycles. The quantitative estimate of drug-likeness (QED) is 0.831. The smallest absolute Gasteiger partial charge is 0.259 e. The molecule has 8 nitrogen and oxygen atoms in total. The predicted octanol–water partition coefficient (Wildman–Crippen LogP) is 0.855. The number of carbonyl (C=O) groups is 1. The summed E-state index contributed by atoms with van der Waals surface area (Å²) in [5.74, 6) is -0.359. The minimum Gasteiger partial charge on any atom is -0.598 e. The van der Waals surface area contributed by atoms with E-state index < -0.39 is 10.4 Å². The number of rotatable bonds is 3. The van der Waals surface area contributed by atoms with Gasteiger partial charge in [0.05, 0.1) is 23.2 Å². The van der Waals surface area contributed by atoms with Crippen LogP contribution in [0.25, 0.3) is 11.1 Å². The molecule has 0 spiro atoms. The molecule has 0 radical (unpaired) electrons. The molecule has 0 bridgehead atoms. The summed E-state index contributed by atoms with van der Waals surface area (Å²) in [4.78, 5) is 16.4. The zero-order valence-electron chi connectivity index (χ0n) is 13.2. The lowest BCUT2D eigenvalue weighted by atomic mass is 9.99. The molecule has 124 valence electrons. The first-order chi connectivity index (χ1) is 10.8.